The fraction of sp³-hybridized carbons (Fsp3) is 0.133. The van der Waals surface area contributed by atoms with Crippen LogP contribution in [0.15, 0.2) is 46.6 Å². The van der Waals surface area contributed by atoms with E-state index in [2.05, 4.69) is 22.0 Å². The Kier molecular flexibility index (Phi) is 3.94. The smallest absolute Gasteiger partial charge is 0.279 e. The summed E-state index contributed by atoms with van der Waals surface area (Å²) in [4.78, 5) is 12.5. The maximum atomic E-state index is 13.3. The number of aromatic nitrogens is 4. The van der Waals surface area contributed by atoms with Crippen LogP contribution < -0.4 is 5.56 Å². The molecule has 0 aliphatic rings. The molecule has 0 aliphatic heterocycles. The second-order valence-electron chi connectivity index (χ2n) is 4.34. The van der Waals surface area contributed by atoms with Gasteiger partial charge in [-0.15, -0.1) is 16.1 Å². The second kappa shape index (κ2) is 6.03. The molecule has 0 amide bonds. The van der Waals surface area contributed by atoms with E-state index >= 15 is 0 Å². The lowest BCUT2D eigenvalue weighted by atomic mass is 10.3. The van der Waals surface area contributed by atoms with Crippen molar-refractivity contribution in [2.75, 3.05) is 5.75 Å². The first kappa shape index (κ1) is 14.4. The molecule has 3 aromatic rings. The normalized spacial score (nSPS) is 10.5. The standard InChI is InChI=1S/C15H11FN4OS/c1-2-3-9-22-15-18-17-13-14(21)19(7-8-20(13)15)12-6-4-5-11(16)10-12/h4-8,10H,9H2,1H3. The van der Waals surface area contributed by atoms with E-state index in [9.17, 15) is 9.18 Å². The fourth-order valence-corrected chi connectivity index (χ4v) is 2.70. The molecular formula is C15H11FN4OS. The van der Waals surface area contributed by atoms with Crippen LogP contribution in [-0.4, -0.2) is 24.9 Å². The van der Waals surface area contributed by atoms with Gasteiger partial charge in [0.1, 0.15) is 5.82 Å². The molecule has 2 heterocycles. The van der Waals surface area contributed by atoms with Crippen molar-refractivity contribution in [3.05, 3.63) is 52.8 Å². The van der Waals surface area contributed by atoms with Gasteiger partial charge in [0.2, 0.25) is 5.65 Å². The maximum Gasteiger partial charge on any atom is 0.300 e. The van der Waals surface area contributed by atoms with Crippen LogP contribution in [0.4, 0.5) is 4.39 Å². The summed E-state index contributed by atoms with van der Waals surface area (Å²) in [6.45, 7) is 1.76. The van der Waals surface area contributed by atoms with Gasteiger partial charge >= 0.3 is 5.56 Å². The summed E-state index contributed by atoms with van der Waals surface area (Å²) in [5.74, 6) is 5.88. The van der Waals surface area contributed by atoms with Gasteiger partial charge < -0.3 is 0 Å². The van der Waals surface area contributed by atoms with Crippen molar-refractivity contribution >= 4 is 17.4 Å². The molecule has 7 heteroatoms. The Balaban J connectivity index is 2.07. The molecular weight excluding hydrogens is 303 g/mol. The largest absolute Gasteiger partial charge is 0.300 e. The van der Waals surface area contributed by atoms with E-state index in [0.717, 1.165) is 0 Å². The summed E-state index contributed by atoms with van der Waals surface area (Å²) in [6, 6.07) is 5.83. The molecule has 0 N–H and O–H groups in total. The van der Waals surface area contributed by atoms with E-state index in [0.29, 0.717) is 16.6 Å². The van der Waals surface area contributed by atoms with Gasteiger partial charge in [0.05, 0.1) is 11.4 Å². The molecule has 110 valence electrons. The molecule has 0 radical (unpaired) electrons. The predicted molar refractivity (Wildman–Crippen MR) is 82.7 cm³/mol. The molecule has 22 heavy (non-hydrogen) atoms. The van der Waals surface area contributed by atoms with Gasteiger partial charge in [-0.2, -0.15) is 0 Å². The van der Waals surface area contributed by atoms with Gasteiger partial charge in [0.15, 0.2) is 5.16 Å². The van der Waals surface area contributed by atoms with Crippen molar-refractivity contribution in [3.8, 4) is 17.5 Å². The summed E-state index contributed by atoms with van der Waals surface area (Å²) in [7, 11) is 0. The van der Waals surface area contributed by atoms with Gasteiger partial charge in [-0.3, -0.25) is 13.8 Å². The lowest BCUT2D eigenvalue weighted by Gasteiger charge is -2.06. The van der Waals surface area contributed by atoms with Crippen LogP contribution >= 0.6 is 11.8 Å². The molecule has 0 unspecified atom stereocenters. The summed E-state index contributed by atoms with van der Waals surface area (Å²) in [5.41, 5.74) is 0.286. The Bertz CT molecular complexity index is 951. The molecule has 0 bridgehead atoms. The quantitative estimate of drug-likeness (QED) is 0.549. The van der Waals surface area contributed by atoms with Crippen LogP contribution in [0.5, 0.6) is 0 Å². The van der Waals surface area contributed by atoms with E-state index in [1.54, 1.807) is 35.9 Å². The van der Waals surface area contributed by atoms with Gasteiger partial charge in [0, 0.05) is 12.4 Å². The number of thioether (sulfide) groups is 1. The molecule has 0 aliphatic carbocycles. The Morgan fingerprint density at radius 2 is 2.18 bits per heavy atom. The monoisotopic (exact) mass is 314 g/mol. The van der Waals surface area contributed by atoms with E-state index in [4.69, 9.17) is 0 Å². The highest BCUT2D eigenvalue weighted by atomic mass is 32.2. The highest BCUT2D eigenvalue weighted by Crippen LogP contribution is 2.15. The minimum Gasteiger partial charge on any atom is -0.279 e. The van der Waals surface area contributed by atoms with Crippen LogP contribution in [0.2, 0.25) is 0 Å². The Hall–Kier alpha value is -2.59. The summed E-state index contributed by atoms with van der Waals surface area (Å²) < 4.78 is 16.3. The molecule has 1 aromatic carbocycles. The first-order valence-corrected chi connectivity index (χ1v) is 7.44. The van der Waals surface area contributed by atoms with Crippen molar-refractivity contribution in [3.63, 3.8) is 0 Å². The van der Waals surface area contributed by atoms with E-state index in [-0.39, 0.29) is 11.2 Å². The number of nitrogens with zero attached hydrogens (tertiary/aromatic N) is 4. The second-order valence-corrected chi connectivity index (χ2v) is 5.29. The number of hydrogen-bond donors (Lipinski definition) is 0. The zero-order valence-corrected chi connectivity index (χ0v) is 12.5. The van der Waals surface area contributed by atoms with Crippen LogP contribution in [-0.2, 0) is 0 Å². The van der Waals surface area contributed by atoms with Gasteiger partial charge in [-0.25, -0.2) is 4.39 Å². The van der Waals surface area contributed by atoms with E-state index in [1.165, 1.54) is 28.5 Å². The number of halogens is 1. The Morgan fingerprint density at radius 1 is 1.32 bits per heavy atom. The highest BCUT2D eigenvalue weighted by Gasteiger charge is 2.11. The van der Waals surface area contributed by atoms with Crippen LogP contribution in [0.3, 0.4) is 0 Å². The predicted octanol–water partition coefficient (Wildman–Crippen LogP) is 2.13. The fourth-order valence-electron chi connectivity index (χ4n) is 1.97. The first-order valence-electron chi connectivity index (χ1n) is 6.45. The average molecular weight is 314 g/mol. The summed E-state index contributed by atoms with van der Waals surface area (Å²) in [5, 5.41) is 8.52. The molecule has 0 fully saturated rings. The van der Waals surface area contributed by atoms with Crippen molar-refractivity contribution in [1.29, 1.82) is 0 Å². The SMILES string of the molecule is CC#CCSc1nnc2c(=O)n(-c3cccc(F)c3)ccn12. The van der Waals surface area contributed by atoms with E-state index < -0.39 is 5.82 Å². The molecule has 0 spiro atoms. The number of fused-ring (bicyclic) bond motifs is 1. The summed E-state index contributed by atoms with van der Waals surface area (Å²) >= 11 is 1.40. The van der Waals surface area contributed by atoms with Crippen LogP contribution in [0.1, 0.15) is 6.92 Å². The lowest BCUT2D eigenvalue weighted by Crippen LogP contribution is -2.20. The van der Waals surface area contributed by atoms with Crippen molar-refractivity contribution < 1.29 is 4.39 Å². The first-order chi connectivity index (χ1) is 10.7. The Labute approximate surface area is 129 Å². The third-order valence-electron chi connectivity index (χ3n) is 2.98. The molecule has 0 saturated carbocycles. The van der Waals surface area contributed by atoms with E-state index in [1.807, 2.05) is 0 Å². The number of rotatable bonds is 3. The maximum absolute atomic E-state index is 13.3. The van der Waals surface area contributed by atoms with Crippen molar-refractivity contribution in [2.24, 2.45) is 0 Å². The zero-order chi connectivity index (χ0) is 15.5. The van der Waals surface area contributed by atoms with Gasteiger partial charge in [0.25, 0.3) is 0 Å². The molecule has 2 aromatic heterocycles. The lowest BCUT2D eigenvalue weighted by molar-refractivity contribution is 0.626. The summed E-state index contributed by atoms with van der Waals surface area (Å²) in [6.07, 6.45) is 3.26. The average Bonchev–Trinajstić information content (AvgIpc) is 2.92. The topological polar surface area (TPSA) is 52.2 Å². The van der Waals surface area contributed by atoms with Crippen molar-refractivity contribution in [1.82, 2.24) is 19.2 Å². The molecule has 3 rings (SSSR count). The Morgan fingerprint density at radius 3 is 2.95 bits per heavy atom. The minimum absolute atomic E-state index is 0.193. The zero-order valence-electron chi connectivity index (χ0n) is 11.7. The third-order valence-corrected chi connectivity index (χ3v) is 3.80. The van der Waals surface area contributed by atoms with Crippen molar-refractivity contribution in [2.45, 2.75) is 12.1 Å². The van der Waals surface area contributed by atoms with Crippen LogP contribution in [0, 0.1) is 17.7 Å². The highest BCUT2D eigenvalue weighted by molar-refractivity contribution is 7.99. The molecule has 0 atom stereocenters. The van der Waals surface area contributed by atoms with Gasteiger partial charge in [-0.1, -0.05) is 23.7 Å². The number of benzene rings is 1. The molecule has 0 saturated heterocycles. The van der Waals surface area contributed by atoms with Crippen LogP contribution in [0.25, 0.3) is 11.3 Å². The number of hydrogen-bond acceptors (Lipinski definition) is 4. The third kappa shape index (κ3) is 2.61. The molecule has 5 nitrogen and oxygen atoms in total. The minimum atomic E-state index is -0.403. The van der Waals surface area contributed by atoms with Gasteiger partial charge in [-0.05, 0) is 25.1 Å².